The number of urea groups is 1. The Labute approximate surface area is 114 Å². The Hall–Kier alpha value is -2.65. The van der Waals surface area contributed by atoms with Gasteiger partial charge in [-0.1, -0.05) is 5.21 Å². The Morgan fingerprint density at radius 3 is 2.60 bits per heavy atom. The first kappa shape index (κ1) is 15.4. The molecule has 0 radical (unpaired) electrons. The smallest absolute Gasteiger partial charge is 0.358 e. The van der Waals surface area contributed by atoms with Crippen molar-refractivity contribution in [3.8, 4) is 0 Å². The maximum absolute atomic E-state index is 11.3. The van der Waals surface area contributed by atoms with Crippen LogP contribution in [0.4, 0.5) is 4.79 Å². The number of aromatic nitrogens is 3. The summed E-state index contributed by atoms with van der Waals surface area (Å²) < 4.78 is 1.30. The fraction of sp³-hybridized carbons (Fsp3) is 0.500. The molecule has 1 aromatic heterocycles. The third-order valence-corrected chi connectivity index (χ3v) is 2.28. The molecule has 0 fully saturated rings. The Morgan fingerprint density at radius 2 is 2.05 bits per heavy atom. The summed E-state index contributed by atoms with van der Waals surface area (Å²) >= 11 is 0. The van der Waals surface area contributed by atoms with Gasteiger partial charge in [-0.15, -0.1) is 5.10 Å². The van der Waals surface area contributed by atoms with Crippen molar-refractivity contribution in [2.24, 2.45) is 0 Å². The molecular weight excluding hydrogens is 268 g/mol. The highest BCUT2D eigenvalue weighted by Gasteiger charge is 2.09. The number of rotatable bonds is 6. The normalized spacial score (nSPS) is 9.90. The van der Waals surface area contributed by atoms with E-state index in [0.29, 0.717) is 0 Å². The average Bonchev–Trinajstić information content (AvgIpc) is 2.84. The van der Waals surface area contributed by atoms with Crippen molar-refractivity contribution in [3.63, 3.8) is 0 Å². The molecule has 1 aromatic rings. The summed E-state index contributed by atoms with van der Waals surface area (Å²) in [6.07, 6.45) is 1.26. The van der Waals surface area contributed by atoms with E-state index in [9.17, 15) is 14.4 Å². The number of amides is 3. The lowest BCUT2D eigenvalue weighted by Crippen LogP contribution is -2.42. The zero-order valence-corrected chi connectivity index (χ0v) is 11.2. The number of hydrogen-bond acceptors (Lipinski definition) is 5. The van der Waals surface area contributed by atoms with Gasteiger partial charge in [0.1, 0.15) is 0 Å². The predicted molar refractivity (Wildman–Crippen MR) is 67.1 cm³/mol. The van der Waals surface area contributed by atoms with Gasteiger partial charge in [0.2, 0.25) is 5.91 Å². The highest BCUT2D eigenvalue weighted by molar-refractivity contribution is 5.84. The maximum atomic E-state index is 11.3. The van der Waals surface area contributed by atoms with Gasteiger partial charge in [-0.3, -0.25) is 4.79 Å². The van der Waals surface area contributed by atoms with E-state index in [1.807, 2.05) is 0 Å². The van der Waals surface area contributed by atoms with E-state index in [2.05, 4.69) is 20.9 Å². The second kappa shape index (κ2) is 7.07. The highest BCUT2D eigenvalue weighted by atomic mass is 16.4. The standard InChI is InChI=1S/C10H16N6O4/c1-15(2)8(17)5-12-10(20)11-3-4-16-6-7(9(18)19)13-14-16/h6H,3-5H2,1-2H3,(H,18,19)(H2,11,12,20). The van der Waals surface area contributed by atoms with Gasteiger partial charge in [-0.05, 0) is 0 Å². The topological polar surface area (TPSA) is 129 Å². The molecule has 0 bridgehead atoms. The minimum atomic E-state index is -1.16. The zero-order valence-electron chi connectivity index (χ0n) is 11.2. The summed E-state index contributed by atoms with van der Waals surface area (Å²) in [5.74, 6) is -1.38. The number of hydrogen-bond donors (Lipinski definition) is 3. The Morgan fingerprint density at radius 1 is 1.35 bits per heavy atom. The van der Waals surface area contributed by atoms with Crippen LogP contribution in [0.1, 0.15) is 10.5 Å². The number of carbonyl (C=O) groups is 3. The molecule has 0 aromatic carbocycles. The van der Waals surface area contributed by atoms with Crippen LogP contribution in [0.15, 0.2) is 6.20 Å². The van der Waals surface area contributed by atoms with Gasteiger partial charge in [0.05, 0.1) is 19.3 Å². The lowest BCUT2D eigenvalue weighted by molar-refractivity contribution is -0.127. The third kappa shape index (κ3) is 4.92. The Balaban J connectivity index is 2.24. The molecule has 0 aliphatic carbocycles. The van der Waals surface area contributed by atoms with Crippen LogP contribution in [-0.4, -0.2) is 70.1 Å². The van der Waals surface area contributed by atoms with Crippen LogP contribution in [0, 0.1) is 0 Å². The Kier molecular flexibility index (Phi) is 5.44. The molecule has 1 heterocycles. The molecule has 10 nitrogen and oxygen atoms in total. The van der Waals surface area contributed by atoms with Crippen molar-refractivity contribution >= 4 is 17.9 Å². The number of carboxylic acids is 1. The second-order valence-corrected chi connectivity index (χ2v) is 4.07. The monoisotopic (exact) mass is 284 g/mol. The van der Waals surface area contributed by atoms with E-state index in [-0.39, 0.29) is 31.2 Å². The minimum absolute atomic E-state index is 0.0919. The van der Waals surface area contributed by atoms with Crippen molar-refractivity contribution in [1.29, 1.82) is 0 Å². The lowest BCUT2D eigenvalue weighted by Gasteiger charge is -2.11. The number of nitrogens with one attached hydrogen (secondary N) is 2. The first-order valence-corrected chi connectivity index (χ1v) is 5.75. The third-order valence-electron chi connectivity index (χ3n) is 2.28. The van der Waals surface area contributed by atoms with Crippen molar-refractivity contribution < 1.29 is 19.5 Å². The zero-order chi connectivity index (χ0) is 15.1. The van der Waals surface area contributed by atoms with E-state index in [4.69, 9.17) is 5.11 Å². The van der Waals surface area contributed by atoms with Crippen LogP contribution < -0.4 is 10.6 Å². The van der Waals surface area contributed by atoms with E-state index in [1.54, 1.807) is 14.1 Å². The average molecular weight is 284 g/mol. The van der Waals surface area contributed by atoms with Crippen molar-refractivity contribution in [2.45, 2.75) is 6.54 Å². The molecule has 110 valence electrons. The molecule has 0 aliphatic heterocycles. The second-order valence-electron chi connectivity index (χ2n) is 4.07. The van der Waals surface area contributed by atoms with Gasteiger partial charge in [-0.2, -0.15) is 0 Å². The van der Waals surface area contributed by atoms with Crippen LogP contribution in [0.2, 0.25) is 0 Å². The van der Waals surface area contributed by atoms with E-state index < -0.39 is 12.0 Å². The van der Waals surface area contributed by atoms with Crippen LogP contribution in [-0.2, 0) is 11.3 Å². The molecular formula is C10H16N6O4. The van der Waals surface area contributed by atoms with Crippen LogP contribution in [0.3, 0.4) is 0 Å². The first-order chi connectivity index (χ1) is 9.40. The van der Waals surface area contributed by atoms with E-state index >= 15 is 0 Å². The number of carbonyl (C=O) groups excluding carboxylic acids is 2. The van der Waals surface area contributed by atoms with Crippen LogP contribution in [0.5, 0.6) is 0 Å². The highest BCUT2D eigenvalue weighted by Crippen LogP contribution is 1.91. The quantitative estimate of drug-likeness (QED) is 0.574. The molecule has 3 amide bonds. The van der Waals surface area contributed by atoms with Crippen molar-refractivity contribution in [2.75, 3.05) is 27.2 Å². The molecule has 0 atom stereocenters. The van der Waals surface area contributed by atoms with Gasteiger partial charge in [0, 0.05) is 20.6 Å². The summed E-state index contributed by atoms with van der Waals surface area (Å²) in [6.45, 7) is 0.408. The Bertz CT molecular complexity index is 498. The van der Waals surface area contributed by atoms with Gasteiger partial charge >= 0.3 is 12.0 Å². The van der Waals surface area contributed by atoms with Crippen molar-refractivity contribution in [1.82, 2.24) is 30.5 Å². The largest absolute Gasteiger partial charge is 0.476 e. The maximum Gasteiger partial charge on any atom is 0.358 e. The molecule has 0 spiro atoms. The van der Waals surface area contributed by atoms with E-state index in [1.165, 1.54) is 15.8 Å². The summed E-state index contributed by atoms with van der Waals surface area (Å²) in [4.78, 5) is 34.5. The van der Waals surface area contributed by atoms with Crippen molar-refractivity contribution in [3.05, 3.63) is 11.9 Å². The minimum Gasteiger partial charge on any atom is -0.476 e. The molecule has 20 heavy (non-hydrogen) atoms. The van der Waals surface area contributed by atoms with Gasteiger partial charge in [-0.25, -0.2) is 14.3 Å². The number of aromatic carboxylic acids is 1. The molecule has 3 N–H and O–H groups in total. The molecule has 10 heteroatoms. The number of likely N-dealkylation sites (N-methyl/N-ethyl adjacent to an activating group) is 1. The summed E-state index contributed by atoms with van der Waals surface area (Å²) in [7, 11) is 3.18. The SMILES string of the molecule is CN(C)C(=O)CNC(=O)NCCn1cc(C(=O)O)nn1. The van der Waals surface area contributed by atoms with Crippen LogP contribution >= 0.6 is 0 Å². The summed E-state index contributed by atoms with van der Waals surface area (Å²) in [5.41, 5.74) is -0.161. The van der Waals surface area contributed by atoms with Gasteiger partial charge in [0.15, 0.2) is 5.69 Å². The first-order valence-electron chi connectivity index (χ1n) is 5.75. The number of carboxylic acid groups (broad SMARTS) is 1. The summed E-state index contributed by atoms with van der Waals surface area (Å²) in [5, 5.41) is 20.6. The molecule has 0 saturated carbocycles. The number of nitrogens with zero attached hydrogens (tertiary/aromatic N) is 4. The fourth-order valence-corrected chi connectivity index (χ4v) is 1.17. The predicted octanol–water partition coefficient (Wildman–Crippen LogP) is -1.64. The lowest BCUT2D eigenvalue weighted by atomic mass is 10.5. The van der Waals surface area contributed by atoms with Gasteiger partial charge in [0.25, 0.3) is 0 Å². The van der Waals surface area contributed by atoms with Crippen LogP contribution in [0.25, 0.3) is 0 Å². The molecule has 0 saturated heterocycles. The molecule has 0 aliphatic rings. The molecule has 0 unspecified atom stereocenters. The van der Waals surface area contributed by atoms with Gasteiger partial charge < -0.3 is 20.6 Å². The summed E-state index contributed by atoms with van der Waals surface area (Å²) in [6, 6.07) is -0.487. The van der Waals surface area contributed by atoms with E-state index in [0.717, 1.165) is 0 Å². The molecule has 1 rings (SSSR count). The fourth-order valence-electron chi connectivity index (χ4n) is 1.17.